The van der Waals surface area contributed by atoms with Crippen LogP contribution in [0.1, 0.15) is 44.9 Å². The number of fused-ring (bicyclic) bond motifs is 6. The average Bonchev–Trinajstić information content (AvgIpc) is 3.85. The Morgan fingerprint density at radius 1 is 0.286 bits per heavy atom. The molecule has 2 aliphatic carbocycles. The maximum atomic E-state index is 2.53. The van der Waals surface area contributed by atoms with Crippen LogP contribution in [0, 0.1) is 0 Å². The normalized spacial score (nSPS) is 14.0. The molecule has 10 aromatic carbocycles. The molecule has 12 rings (SSSR count). The molecule has 0 spiro atoms. The first-order valence-electron chi connectivity index (χ1n) is 22.0. The van der Waals surface area contributed by atoms with Gasteiger partial charge in [-0.05, 0) is 138 Å². The molecule has 0 fully saturated rings. The first kappa shape index (κ1) is 36.8. The summed E-state index contributed by atoms with van der Waals surface area (Å²) in [5.41, 5.74) is 22.0. The van der Waals surface area contributed by atoms with Crippen LogP contribution in [0.3, 0.4) is 0 Å². The van der Waals surface area contributed by atoms with Crippen LogP contribution in [-0.2, 0) is 5.41 Å². The van der Waals surface area contributed by atoms with Crippen molar-refractivity contribution < 1.29 is 0 Å². The van der Waals surface area contributed by atoms with E-state index in [0.29, 0.717) is 0 Å². The van der Waals surface area contributed by atoms with Crippen LogP contribution in [0.5, 0.6) is 0 Å². The molecule has 0 heterocycles. The van der Waals surface area contributed by atoms with Crippen molar-refractivity contribution in [2.75, 3.05) is 4.90 Å². The molecule has 0 radical (unpaired) electrons. The van der Waals surface area contributed by atoms with Crippen molar-refractivity contribution in [2.24, 2.45) is 0 Å². The van der Waals surface area contributed by atoms with Gasteiger partial charge in [0, 0.05) is 23.0 Å². The lowest BCUT2D eigenvalue weighted by molar-refractivity contribution is 0.769. The molecule has 1 nitrogen and oxygen atoms in total. The smallest absolute Gasteiger partial charge is 0.0713 e. The van der Waals surface area contributed by atoms with E-state index in [2.05, 4.69) is 260 Å². The summed E-state index contributed by atoms with van der Waals surface area (Å²) < 4.78 is 0. The van der Waals surface area contributed by atoms with Crippen LogP contribution in [0.15, 0.2) is 255 Å². The van der Waals surface area contributed by atoms with E-state index in [1.165, 1.54) is 83.5 Å². The van der Waals surface area contributed by atoms with Crippen LogP contribution in [-0.4, -0.2) is 0 Å². The number of benzene rings is 10. The van der Waals surface area contributed by atoms with E-state index >= 15 is 0 Å². The Labute approximate surface area is 369 Å². The van der Waals surface area contributed by atoms with Crippen LogP contribution in [0.2, 0.25) is 0 Å². The van der Waals surface area contributed by atoms with Gasteiger partial charge in [-0.15, -0.1) is 0 Å². The summed E-state index contributed by atoms with van der Waals surface area (Å²) in [5, 5.41) is 0. The zero-order chi connectivity index (χ0) is 41.7. The molecule has 0 aromatic heterocycles. The molecule has 0 amide bonds. The van der Waals surface area contributed by atoms with Crippen LogP contribution < -0.4 is 4.90 Å². The fraction of sp³-hybridized carbons (Fsp3) is 0.0323. The zero-order valence-corrected chi connectivity index (χ0v) is 34.8. The second-order valence-corrected chi connectivity index (χ2v) is 16.8. The second kappa shape index (κ2) is 15.2. The van der Waals surface area contributed by atoms with E-state index in [1.807, 2.05) is 0 Å². The van der Waals surface area contributed by atoms with E-state index in [-0.39, 0.29) is 5.92 Å². The average molecular weight is 802 g/mol. The highest BCUT2D eigenvalue weighted by molar-refractivity contribution is 5.96. The third-order valence-corrected chi connectivity index (χ3v) is 13.4. The molecule has 296 valence electrons. The molecule has 2 aliphatic rings. The van der Waals surface area contributed by atoms with Gasteiger partial charge in [0.2, 0.25) is 0 Å². The van der Waals surface area contributed by atoms with E-state index in [0.717, 1.165) is 17.1 Å². The predicted molar refractivity (Wildman–Crippen MR) is 262 cm³/mol. The summed E-state index contributed by atoms with van der Waals surface area (Å²) in [7, 11) is 0. The first-order valence-corrected chi connectivity index (χ1v) is 22.0. The van der Waals surface area contributed by atoms with Crippen molar-refractivity contribution in [2.45, 2.75) is 11.3 Å². The number of rotatable bonds is 8. The van der Waals surface area contributed by atoms with Gasteiger partial charge in [0.25, 0.3) is 0 Å². The third-order valence-electron chi connectivity index (χ3n) is 13.4. The molecule has 0 saturated heterocycles. The van der Waals surface area contributed by atoms with Gasteiger partial charge in [-0.2, -0.15) is 0 Å². The van der Waals surface area contributed by atoms with E-state index in [9.17, 15) is 0 Å². The van der Waals surface area contributed by atoms with Gasteiger partial charge in [0.15, 0.2) is 0 Å². The summed E-state index contributed by atoms with van der Waals surface area (Å²) in [6.07, 6.45) is 0. The number of nitrogens with zero attached hydrogens (tertiary/aromatic N) is 1. The van der Waals surface area contributed by atoms with Crippen molar-refractivity contribution in [3.05, 3.63) is 294 Å². The third kappa shape index (κ3) is 5.92. The predicted octanol–water partition coefficient (Wildman–Crippen LogP) is 16.0. The summed E-state index contributed by atoms with van der Waals surface area (Å²) in [4.78, 5) is 2.33. The summed E-state index contributed by atoms with van der Waals surface area (Å²) >= 11 is 0. The lowest BCUT2D eigenvalue weighted by Crippen LogP contribution is -2.28. The topological polar surface area (TPSA) is 3.24 Å². The van der Waals surface area contributed by atoms with E-state index in [4.69, 9.17) is 0 Å². The van der Waals surface area contributed by atoms with Crippen molar-refractivity contribution in [1.29, 1.82) is 0 Å². The molecule has 0 aliphatic heterocycles. The largest absolute Gasteiger partial charge is 0.311 e. The highest BCUT2D eigenvalue weighted by atomic mass is 15.1. The first-order chi connectivity index (χ1) is 31.3. The maximum Gasteiger partial charge on any atom is 0.0713 e. The highest BCUT2D eigenvalue weighted by Crippen LogP contribution is 2.58. The van der Waals surface area contributed by atoms with Gasteiger partial charge in [-0.1, -0.05) is 200 Å². The minimum atomic E-state index is -0.515. The second-order valence-electron chi connectivity index (χ2n) is 16.8. The Bertz CT molecular complexity index is 3170. The SMILES string of the molecule is c1ccc(C2c3ccccc3-c3cc(-c4cc5c(cc4-c4ccc(N(c6ccccc6)c6ccccc6)cc4)C(c4ccccc4)(c4ccccc4)c4ccccc4-5)ccc32)cc1. The highest BCUT2D eigenvalue weighted by Gasteiger charge is 2.46. The quantitative estimate of drug-likeness (QED) is 0.148. The lowest BCUT2D eigenvalue weighted by Gasteiger charge is -2.34. The van der Waals surface area contributed by atoms with Crippen molar-refractivity contribution in [3.8, 4) is 44.5 Å². The molecule has 1 heteroatoms. The Kier molecular flexibility index (Phi) is 8.86. The number of para-hydroxylation sites is 2. The van der Waals surface area contributed by atoms with Gasteiger partial charge >= 0.3 is 0 Å². The minimum Gasteiger partial charge on any atom is -0.311 e. The van der Waals surface area contributed by atoms with Gasteiger partial charge in [0.1, 0.15) is 0 Å². The Morgan fingerprint density at radius 3 is 1.40 bits per heavy atom. The summed E-state index contributed by atoms with van der Waals surface area (Å²) in [6, 6.07) is 94.0. The van der Waals surface area contributed by atoms with Gasteiger partial charge in [-0.25, -0.2) is 0 Å². The molecular formula is C62H43N. The molecule has 0 N–H and O–H groups in total. The number of hydrogen-bond acceptors (Lipinski definition) is 1. The van der Waals surface area contributed by atoms with Crippen molar-refractivity contribution in [3.63, 3.8) is 0 Å². The van der Waals surface area contributed by atoms with Crippen LogP contribution in [0.25, 0.3) is 44.5 Å². The van der Waals surface area contributed by atoms with Crippen LogP contribution in [0.4, 0.5) is 17.1 Å². The number of hydrogen-bond donors (Lipinski definition) is 0. The monoisotopic (exact) mass is 801 g/mol. The zero-order valence-electron chi connectivity index (χ0n) is 34.8. The molecule has 0 bridgehead atoms. The number of anilines is 3. The van der Waals surface area contributed by atoms with E-state index < -0.39 is 5.41 Å². The Balaban J connectivity index is 1.11. The minimum absolute atomic E-state index is 0.194. The molecular weight excluding hydrogens is 759 g/mol. The van der Waals surface area contributed by atoms with Crippen LogP contribution >= 0.6 is 0 Å². The van der Waals surface area contributed by atoms with Gasteiger partial charge in [0.05, 0.1) is 5.41 Å². The summed E-state index contributed by atoms with van der Waals surface area (Å²) in [5.74, 6) is 0.194. The summed E-state index contributed by atoms with van der Waals surface area (Å²) in [6.45, 7) is 0. The molecule has 1 atom stereocenters. The van der Waals surface area contributed by atoms with Crippen molar-refractivity contribution >= 4 is 17.1 Å². The molecule has 0 saturated carbocycles. The maximum absolute atomic E-state index is 2.53. The standard InChI is InChI=1S/C62H43N/c1-6-20-44(21-7-1)61-53-32-17-16-30-51(53)57-40-45(36-39-54(57)61)55-41-58-52-31-18-19-33-59(52)62(46-22-8-2-9-23-46,47-24-10-3-11-25-47)60(58)42-56(55)43-34-37-50(38-35-43)63(48-26-12-4-13-27-48)49-28-14-5-15-29-49/h1-42,61H. The van der Waals surface area contributed by atoms with Crippen molar-refractivity contribution in [1.82, 2.24) is 0 Å². The van der Waals surface area contributed by atoms with Gasteiger partial charge < -0.3 is 4.90 Å². The fourth-order valence-electron chi connectivity index (χ4n) is 10.7. The Hall–Kier alpha value is -8.00. The fourth-order valence-corrected chi connectivity index (χ4v) is 10.7. The molecule has 10 aromatic rings. The van der Waals surface area contributed by atoms with Gasteiger partial charge in [-0.3, -0.25) is 0 Å². The molecule has 1 unspecified atom stereocenters. The van der Waals surface area contributed by atoms with E-state index in [1.54, 1.807) is 0 Å². The molecule has 63 heavy (non-hydrogen) atoms. The Morgan fingerprint density at radius 2 is 0.762 bits per heavy atom. The lowest BCUT2D eigenvalue weighted by atomic mass is 9.67.